The summed E-state index contributed by atoms with van der Waals surface area (Å²) >= 11 is 0. The quantitative estimate of drug-likeness (QED) is 0.572. The Bertz CT molecular complexity index is 628. The van der Waals surface area contributed by atoms with Gasteiger partial charge in [0, 0.05) is 18.6 Å². The minimum atomic E-state index is -0.259. The van der Waals surface area contributed by atoms with Crippen molar-refractivity contribution in [2.75, 3.05) is 6.54 Å². The number of carbonyl (C=O) groups is 1. The molecular formula is C20H24N2O3. The molecule has 1 heterocycles. The molecule has 5 heteroatoms. The third-order valence-electron chi connectivity index (χ3n) is 4.48. The average molecular weight is 340 g/mol. The molecule has 2 aromatic carbocycles. The molecular weight excluding hydrogens is 316 g/mol. The highest BCUT2D eigenvalue weighted by Crippen LogP contribution is 2.26. The van der Waals surface area contributed by atoms with Crippen LogP contribution in [0.2, 0.25) is 0 Å². The molecule has 3 rings (SSSR count). The number of benzene rings is 2. The van der Waals surface area contributed by atoms with Gasteiger partial charge in [-0.15, -0.1) is 0 Å². The zero-order chi connectivity index (χ0) is 17.3. The van der Waals surface area contributed by atoms with E-state index in [0.717, 1.165) is 30.5 Å². The maximum absolute atomic E-state index is 10.9. The lowest BCUT2D eigenvalue weighted by atomic mass is 9.93. The highest BCUT2D eigenvalue weighted by molar-refractivity contribution is 5.39. The van der Waals surface area contributed by atoms with Gasteiger partial charge in [0.2, 0.25) is 0 Å². The summed E-state index contributed by atoms with van der Waals surface area (Å²) in [4.78, 5) is 16.5. The van der Waals surface area contributed by atoms with Crippen LogP contribution in [-0.4, -0.2) is 25.1 Å². The van der Waals surface area contributed by atoms with Gasteiger partial charge >= 0.3 is 0 Å². The Morgan fingerprint density at radius 3 is 2.44 bits per heavy atom. The Hall–Kier alpha value is -2.21. The number of nitrogens with one attached hydrogen (secondary N) is 2. The maximum atomic E-state index is 10.9. The highest BCUT2D eigenvalue weighted by Gasteiger charge is 2.29. The monoisotopic (exact) mass is 340 g/mol. The molecule has 0 aromatic heterocycles. The Morgan fingerprint density at radius 1 is 1.08 bits per heavy atom. The van der Waals surface area contributed by atoms with Gasteiger partial charge in [-0.1, -0.05) is 60.7 Å². The summed E-state index contributed by atoms with van der Waals surface area (Å²) in [7, 11) is 0. The van der Waals surface area contributed by atoms with Crippen LogP contribution in [0.15, 0.2) is 60.7 Å². The van der Waals surface area contributed by atoms with Crippen molar-refractivity contribution >= 4 is 6.47 Å². The van der Waals surface area contributed by atoms with E-state index < -0.39 is 0 Å². The van der Waals surface area contributed by atoms with Crippen LogP contribution >= 0.6 is 0 Å². The van der Waals surface area contributed by atoms with Crippen LogP contribution in [0.4, 0.5) is 0 Å². The molecule has 0 radical (unpaired) electrons. The molecule has 0 amide bonds. The molecule has 3 atom stereocenters. The normalized spacial score (nSPS) is 21.4. The van der Waals surface area contributed by atoms with Crippen LogP contribution < -0.4 is 10.8 Å². The third-order valence-corrected chi connectivity index (χ3v) is 4.48. The van der Waals surface area contributed by atoms with Crippen molar-refractivity contribution in [2.45, 2.75) is 37.6 Å². The molecule has 0 saturated carbocycles. The summed E-state index contributed by atoms with van der Waals surface area (Å²) in [5, 5.41) is 3.47. The predicted octanol–water partition coefficient (Wildman–Crippen LogP) is 2.74. The van der Waals surface area contributed by atoms with E-state index in [1.165, 1.54) is 0 Å². The first-order valence-corrected chi connectivity index (χ1v) is 8.65. The molecule has 1 fully saturated rings. The summed E-state index contributed by atoms with van der Waals surface area (Å²) < 4.78 is 5.35. The molecule has 132 valence electrons. The molecule has 0 bridgehead atoms. The first-order chi connectivity index (χ1) is 12.4. The standard InChI is InChI=1S/C20H24N2O3/c23-15-24-20(17-9-5-2-6-10-17)19-12-11-18(13-21-19)22-25-14-16-7-3-1-4-8-16/h1-10,15,18-22H,11-14H2/t18?,19-,20?/m0/s1. The molecule has 2 N–H and O–H groups in total. The summed E-state index contributed by atoms with van der Waals surface area (Å²) in [6.45, 7) is 1.85. The smallest absolute Gasteiger partial charge is 0.293 e. The molecule has 1 aliphatic heterocycles. The van der Waals surface area contributed by atoms with E-state index in [2.05, 4.69) is 10.8 Å². The number of carbonyl (C=O) groups excluding carboxylic acids is 1. The number of hydroxylamine groups is 1. The third kappa shape index (κ3) is 5.13. The molecule has 1 aliphatic rings. The lowest BCUT2D eigenvalue weighted by Gasteiger charge is -2.34. The Balaban J connectivity index is 1.46. The van der Waals surface area contributed by atoms with E-state index in [1.54, 1.807) is 0 Å². The summed E-state index contributed by atoms with van der Waals surface area (Å²) in [6.07, 6.45) is 1.60. The zero-order valence-corrected chi connectivity index (χ0v) is 14.1. The number of hydrogen-bond donors (Lipinski definition) is 2. The Labute approximate surface area is 148 Å². The largest absolute Gasteiger partial charge is 0.458 e. The molecule has 25 heavy (non-hydrogen) atoms. The average Bonchev–Trinajstić information content (AvgIpc) is 2.68. The van der Waals surface area contributed by atoms with E-state index in [0.29, 0.717) is 13.1 Å². The van der Waals surface area contributed by atoms with E-state index in [1.807, 2.05) is 60.7 Å². The first kappa shape index (κ1) is 17.6. The van der Waals surface area contributed by atoms with Gasteiger partial charge in [-0.2, -0.15) is 5.48 Å². The van der Waals surface area contributed by atoms with Crippen molar-refractivity contribution in [1.82, 2.24) is 10.8 Å². The summed E-state index contributed by atoms with van der Waals surface area (Å²) in [6, 6.07) is 20.3. The summed E-state index contributed by atoms with van der Waals surface area (Å²) in [5.41, 5.74) is 5.28. The number of ether oxygens (including phenoxy) is 1. The maximum Gasteiger partial charge on any atom is 0.293 e. The van der Waals surface area contributed by atoms with Crippen molar-refractivity contribution in [2.24, 2.45) is 0 Å². The van der Waals surface area contributed by atoms with Gasteiger partial charge in [0.15, 0.2) is 0 Å². The predicted molar refractivity (Wildman–Crippen MR) is 95.5 cm³/mol. The van der Waals surface area contributed by atoms with Crippen LogP contribution in [0.25, 0.3) is 0 Å². The summed E-state index contributed by atoms with van der Waals surface area (Å²) in [5.74, 6) is 0. The van der Waals surface area contributed by atoms with Crippen molar-refractivity contribution in [1.29, 1.82) is 0 Å². The van der Waals surface area contributed by atoms with Crippen molar-refractivity contribution in [3.05, 3.63) is 71.8 Å². The lowest BCUT2D eigenvalue weighted by molar-refractivity contribution is -0.136. The van der Waals surface area contributed by atoms with Gasteiger partial charge < -0.3 is 10.1 Å². The Morgan fingerprint density at radius 2 is 1.80 bits per heavy atom. The second kappa shape index (κ2) is 9.32. The molecule has 1 saturated heterocycles. The van der Waals surface area contributed by atoms with E-state index >= 15 is 0 Å². The fourth-order valence-electron chi connectivity index (χ4n) is 3.16. The van der Waals surface area contributed by atoms with E-state index in [9.17, 15) is 4.79 Å². The van der Waals surface area contributed by atoms with Crippen LogP contribution in [0, 0.1) is 0 Å². The van der Waals surface area contributed by atoms with Crippen LogP contribution in [-0.2, 0) is 21.0 Å². The van der Waals surface area contributed by atoms with Gasteiger partial charge in [0.05, 0.1) is 6.61 Å². The molecule has 0 aliphatic carbocycles. The minimum absolute atomic E-state index is 0.111. The van der Waals surface area contributed by atoms with Gasteiger partial charge in [-0.3, -0.25) is 9.63 Å². The van der Waals surface area contributed by atoms with Gasteiger partial charge in [0.25, 0.3) is 6.47 Å². The van der Waals surface area contributed by atoms with Gasteiger partial charge in [-0.05, 0) is 24.0 Å². The SMILES string of the molecule is O=COC(c1ccccc1)[C@@H]1CCC(NOCc2ccccc2)CN1. The number of piperidine rings is 1. The topological polar surface area (TPSA) is 59.6 Å². The van der Waals surface area contributed by atoms with E-state index in [4.69, 9.17) is 9.57 Å². The fourth-order valence-corrected chi connectivity index (χ4v) is 3.16. The van der Waals surface area contributed by atoms with Crippen molar-refractivity contribution < 1.29 is 14.4 Å². The Kier molecular flexibility index (Phi) is 6.56. The van der Waals surface area contributed by atoms with Gasteiger partial charge in [0.1, 0.15) is 6.10 Å². The van der Waals surface area contributed by atoms with Gasteiger partial charge in [-0.25, -0.2) is 0 Å². The highest BCUT2D eigenvalue weighted by atomic mass is 16.6. The molecule has 0 spiro atoms. The first-order valence-electron chi connectivity index (χ1n) is 8.65. The fraction of sp³-hybridized carbons (Fsp3) is 0.350. The van der Waals surface area contributed by atoms with Crippen LogP contribution in [0.3, 0.4) is 0 Å². The molecule has 5 nitrogen and oxygen atoms in total. The molecule has 2 aromatic rings. The molecule has 2 unspecified atom stereocenters. The van der Waals surface area contributed by atoms with Crippen LogP contribution in [0.5, 0.6) is 0 Å². The number of rotatable bonds is 8. The van der Waals surface area contributed by atoms with Crippen molar-refractivity contribution in [3.8, 4) is 0 Å². The number of hydrogen-bond acceptors (Lipinski definition) is 5. The second-order valence-electron chi connectivity index (χ2n) is 6.24. The minimum Gasteiger partial charge on any atom is -0.458 e. The zero-order valence-electron chi connectivity index (χ0n) is 14.1. The van der Waals surface area contributed by atoms with Crippen LogP contribution in [0.1, 0.15) is 30.1 Å². The second-order valence-corrected chi connectivity index (χ2v) is 6.24. The van der Waals surface area contributed by atoms with Crippen molar-refractivity contribution in [3.63, 3.8) is 0 Å². The van der Waals surface area contributed by atoms with E-state index in [-0.39, 0.29) is 18.2 Å². The lowest BCUT2D eigenvalue weighted by Crippen LogP contribution is -2.50.